The van der Waals surface area contributed by atoms with E-state index in [0.29, 0.717) is 35.4 Å². The molecule has 1 N–H and O–H groups in total. The minimum Gasteiger partial charge on any atom is -0.497 e. The van der Waals surface area contributed by atoms with Crippen LogP contribution >= 0.6 is 0 Å². The summed E-state index contributed by atoms with van der Waals surface area (Å²) in [7, 11) is 2.94. The van der Waals surface area contributed by atoms with Gasteiger partial charge >= 0.3 is 5.97 Å². The number of hydrogen-bond acceptors (Lipinski definition) is 6. The van der Waals surface area contributed by atoms with Gasteiger partial charge in [-0.25, -0.2) is 4.79 Å². The molecule has 0 spiro atoms. The molecule has 2 aromatic rings. The van der Waals surface area contributed by atoms with Gasteiger partial charge in [0, 0.05) is 35.2 Å². The molecule has 1 aromatic heterocycles. The molecule has 6 nitrogen and oxygen atoms in total. The Labute approximate surface area is 169 Å². The molecule has 0 radical (unpaired) electrons. The van der Waals surface area contributed by atoms with Crippen molar-refractivity contribution in [2.45, 2.75) is 31.6 Å². The minimum atomic E-state index is -0.501. The van der Waals surface area contributed by atoms with E-state index in [9.17, 15) is 9.59 Å². The topological polar surface area (TPSA) is 77.8 Å². The van der Waals surface area contributed by atoms with Gasteiger partial charge in [0.05, 0.1) is 26.1 Å². The average Bonchev–Trinajstić information content (AvgIpc) is 3.27. The van der Waals surface area contributed by atoms with Crippen LogP contribution in [0.5, 0.6) is 5.75 Å². The first kappa shape index (κ1) is 19.1. The predicted octanol–water partition coefficient (Wildman–Crippen LogP) is 3.82. The van der Waals surface area contributed by atoms with E-state index in [4.69, 9.17) is 13.9 Å². The van der Waals surface area contributed by atoms with Crippen LogP contribution < -0.4 is 10.1 Å². The number of dihydropyridines is 1. The zero-order valence-electron chi connectivity index (χ0n) is 16.7. The van der Waals surface area contributed by atoms with Crippen molar-refractivity contribution in [1.29, 1.82) is 0 Å². The van der Waals surface area contributed by atoms with Crippen molar-refractivity contribution in [3.63, 3.8) is 0 Å². The lowest BCUT2D eigenvalue weighted by atomic mass is 9.72. The van der Waals surface area contributed by atoms with Crippen molar-refractivity contribution in [3.8, 4) is 5.75 Å². The third-order valence-corrected chi connectivity index (χ3v) is 5.61. The molecule has 150 valence electrons. The molecule has 0 amide bonds. The van der Waals surface area contributed by atoms with E-state index < -0.39 is 11.9 Å². The Morgan fingerprint density at radius 1 is 1.17 bits per heavy atom. The molecule has 0 bridgehead atoms. The van der Waals surface area contributed by atoms with Crippen molar-refractivity contribution < 1.29 is 23.5 Å². The second-order valence-electron chi connectivity index (χ2n) is 7.30. The fraction of sp³-hybridized carbons (Fsp3) is 0.304. The van der Waals surface area contributed by atoms with Gasteiger partial charge in [-0.2, -0.15) is 0 Å². The van der Waals surface area contributed by atoms with Gasteiger partial charge < -0.3 is 19.2 Å². The van der Waals surface area contributed by atoms with Crippen LogP contribution in [0.1, 0.15) is 42.9 Å². The maximum absolute atomic E-state index is 13.3. The highest BCUT2D eigenvalue weighted by atomic mass is 16.5. The Kier molecular flexibility index (Phi) is 5.01. The first-order chi connectivity index (χ1) is 14.0. The first-order valence-electron chi connectivity index (χ1n) is 9.53. The molecule has 2 atom stereocenters. The van der Waals surface area contributed by atoms with Gasteiger partial charge in [-0.05, 0) is 43.2 Å². The molecule has 0 saturated heterocycles. The summed E-state index contributed by atoms with van der Waals surface area (Å²) in [6.07, 6.45) is 2.60. The molecule has 1 aromatic carbocycles. The van der Waals surface area contributed by atoms with Crippen LogP contribution in [-0.2, 0) is 14.3 Å². The molecular formula is C23H23NO5. The van der Waals surface area contributed by atoms with Crippen LogP contribution in [0, 0.1) is 0 Å². The molecule has 1 aliphatic heterocycles. The van der Waals surface area contributed by atoms with Gasteiger partial charge in [0.2, 0.25) is 0 Å². The van der Waals surface area contributed by atoms with Crippen molar-refractivity contribution in [2.75, 3.05) is 14.2 Å². The third-order valence-electron chi connectivity index (χ3n) is 5.61. The number of carbonyl (C=O) groups excluding carboxylic acids is 2. The largest absolute Gasteiger partial charge is 0.497 e. The Hall–Kier alpha value is -3.28. The summed E-state index contributed by atoms with van der Waals surface area (Å²) in [5.41, 5.74) is 3.41. The van der Waals surface area contributed by atoms with Crippen molar-refractivity contribution in [2.24, 2.45) is 0 Å². The number of Topliss-reactive ketones (excluding diaryl/α,β-unsaturated/α-hetero) is 1. The van der Waals surface area contributed by atoms with Crippen LogP contribution in [0.25, 0.3) is 0 Å². The van der Waals surface area contributed by atoms with Crippen molar-refractivity contribution in [3.05, 3.63) is 76.5 Å². The monoisotopic (exact) mass is 393 g/mol. The molecule has 4 rings (SSSR count). The fourth-order valence-corrected chi connectivity index (χ4v) is 4.30. The van der Waals surface area contributed by atoms with E-state index in [-0.39, 0.29) is 11.7 Å². The standard InChI is InChI=1S/C23H23NO5/c1-13-20(23(26)28-3)21(14-6-4-7-16(10-14)27-2)22-17(24-13)11-15(12-18(22)25)19-8-5-9-29-19/h4-10,15,21,24H,11-12H2,1-3H3/t15-,21+/m1/s1. The van der Waals surface area contributed by atoms with Gasteiger partial charge in [-0.3, -0.25) is 4.79 Å². The lowest BCUT2D eigenvalue weighted by Crippen LogP contribution is -2.35. The van der Waals surface area contributed by atoms with Gasteiger partial charge in [0.25, 0.3) is 0 Å². The SMILES string of the molecule is COC(=O)C1=C(C)NC2=C(C(=O)C[C@H](c3ccco3)C2)[C@H]1c1cccc(OC)c1. The molecule has 0 unspecified atom stereocenters. The molecule has 0 saturated carbocycles. The number of benzene rings is 1. The molecule has 29 heavy (non-hydrogen) atoms. The Balaban J connectivity index is 1.83. The Morgan fingerprint density at radius 3 is 2.69 bits per heavy atom. The van der Waals surface area contributed by atoms with Crippen molar-refractivity contribution >= 4 is 11.8 Å². The van der Waals surface area contributed by atoms with Gasteiger partial charge in [0.1, 0.15) is 11.5 Å². The molecule has 2 aliphatic rings. The zero-order chi connectivity index (χ0) is 20.5. The average molecular weight is 393 g/mol. The molecule has 1 aliphatic carbocycles. The number of hydrogen-bond donors (Lipinski definition) is 1. The number of esters is 1. The quantitative estimate of drug-likeness (QED) is 0.796. The highest BCUT2D eigenvalue weighted by molar-refractivity contribution is 6.04. The van der Waals surface area contributed by atoms with Gasteiger partial charge in [-0.1, -0.05) is 12.1 Å². The third kappa shape index (κ3) is 3.35. The number of methoxy groups -OCH3 is 2. The van der Waals surface area contributed by atoms with Crippen LogP contribution in [0.2, 0.25) is 0 Å². The Morgan fingerprint density at radius 2 is 2.00 bits per heavy atom. The van der Waals surface area contributed by atoms with E-state index in [1.807, 2.05) is 43.3 Å². The van der Waals surface area contributed by atoms with E-state index in [0.717, 1.165) is 17.0 Å². The second kappa shape index (κ2) is 7.62. The van der Waals surface area contributed by atoms with Gasteiger partial charge in [-0.15, -0.1) is 0 Å². The van der Waals surface area contributed by atoms with Gasteiger partial charge in [0.15, 0.2) is 5.78 Å². The van der Waals surface area contributed by atoms with E-state index >= 15 is 0 Å². The summed E-state index contributed by atoms with van der Waals surface area (Å²) in [6, 6.07) is 11.2. The van der Waals surface area contributed by atoms with Crippen LogP contribution in [0.15, 0.2) is 69.6 Å². The molecule has 0 fully saturated rings. The van der Waals surface area contributed by atoms with Crippen LogP contribution in [0.3, 0.4) is 0 Å². The van der Waals surface area contributed by atoms with E-state index in [2.05, 4.69) is 5.32 Å². The summed E-state index contributed by atoms with van der Waals surface area (Å²) < 4.78 is 15.9. The number of carbonyl (C=O) groups is 2. The summed E-state index contributed by atoms with van der Waals surface area (Å²) in [5, 5.41) is 3.30. The number of rotatable bonds is 4. The summed E-state index contributed by atoms with van der Waals surface area (Å²) in [4.78, 5) is 25.9. The maximum Gasteiger partial charge on any atom is 0.336 e. The zero-order valence-corrected chi connectivity index (χ0v) is 16.7. The molecular weight excluding hydrogens is 370 g/mol. The lowest BCUT2D eigenvalue weighted by molar-refractivity contribution is -0.136. The summed E-state index contributed by atoms with van der Waals surface area (Å²) >= 11 is 0. The van der Waals surface area contributed by atoms with E-state index in [1.54, 1.807) is 13.4 Å². The number of furan rings is 1. The van der Waals surface area contributed by atoms with Crippen LogP contribution in [0.4, 0.5) is 0 Å². The van der Waals surface area contributed by atoms with E-state index in [1.165, 1.54) is 7.11 Å². The number of allylic oxidation sites excluding steroid dienone is 3. The molecule has 6 heteroatoms. The first-order valence-corrected chi connectivity index (χ1v) is 9.53. The normalized spacial score (nSPS) is 21.6. The number of ether oxygens (including phenoxy) is 2. The number of ketones is 1. The minimum absolute atomic E-state index is 0.00173. The van der Waals surface area contributed by atoms with Crippen LogP contribution in [-0.4, -0.2) is 26.0 Å². The lowest BCUT2D eigenvalue weighted by Gasteiger charge is -2.36. The van der Waals surface area contributed by atoms with Crippen molar-refractivity contribution in [1.82, 2.24) is 5.32 Å². The maximum atomic E-state index is 13.3. The fourth-order valence-electron chi connectivity index (χ4n) is 4.30. The Bertz CT molecular complexity index is 1020. The summed E-state index contributed by atoms with van der Waals surface area (Å²) in [6.45, 7) is 1.84. The smallest absolute Gasteiger partial charge is 0.336 e. The number of nitrogens with one attached hydrogen (secondary N) is 1. The predicted molar refractivity (Wildman–Crippen MR) is 106 cm³/mol. The highest BCUT2D eigenvalue weighted by Gasteiger charge is 2.41. The summed E-state index contributed by atoms with van der Waals surface area (Å²) in [5.74, 6) is 0.491. The molecule has 2 heterocycles. The highest BCUT2D eigenvalue weighted by Crippen LogP contribution is 2.46. The second-order valence-corrected chi connectivity index (χ2v) is 7.30.